The third-order valence-corrected chi connectivity index (χ3v) is 5.04. The maximum absolute atomic E-state index is 12.3. The highest BCUT2D eigenvalue weighted by Crippen LogP contribution is 2.19. The van der Waals surface area contributed by atoms with Crippen LogP contribution in [0.3, 0.4) is 0 Å². The minimum absolute atomic E-state index is 0.0197. The van der Waals surface area contributed by atoms with E-state index in [1.807, 2.05) is 37.3 Å². The minimum Gasteiger partial charge on any atom is -0.396 e. The van der Waals surface area contributed by atoms with Crippen LogP contribution in [-0.4, -0.2) is 26.7 Å². The molecule has 1 unspecified atom stereocenters. The van der Waals surface area contributed by atoms with Crippen molar-refractivity contribution in [3.8, 4) is 0 Å². The lowest BCUT2D eigenvalue weighted by molar-refractivity contribution is 0.275. The number of aliphatic hydroxyl groups is 1. The molecule has 118 valence electrons. The molecule has 0 aliphatic carbocycles. The summed E-state index contributed by atoms with van der Waals surface area (Å²) in [6.45, 7) is 2.20. The highest BCUT2D eigenvalue weighted by atomic mass is 32.2. The van der Waals surface area contributed by atoms with Crippen LogP contribution in [0.15, 0.2) is 59.5 Å². The number of benzene rings is 2. The normalized spacial score (nSPS) is 13.0. The zero-order chi connectivity index (χ0) is 16.0. The SMILES string of the molecule is Cc1ccc(S(=O)(=O)NCC(CCO)c2ccccc2)cc1. The quantitative estimate of drug-likeness (QED) is 0.824. The summed E-state index contributed by atoms with van der Waals surface area (Å²) in [5.74, 6) is -0.0496. The van der Waals surface area contributed by atoms with E-state index in [0.717, 1.165) is 11.1 Å². The molecule has 1 atom stereocenters. The van der Waals surface area contributed by atoms with Gasteiger partial charge in [-0.25, -0.2) is 13.1 Å². The first-order valence-corrected chi connectivity index (χ1v) is 8.73. The number of nitrogens with one attached hydrogen (secondary N) is 1. The molecule has 0 amide bonds. The fraction of sp³-hybridized carbons (Fsp3) is 0.294. The summed E-state index contributed by atoms with van der Waals surface area (Å²) in [6, 6.07) is 16.4. The maximum atomic E-state index is 12.3. The molecule has 0 aliphatic rings. The van der Waals surface area contributed by atoms with Crippen molar-refractivity contribution in [3.63, 3.8) is 0 Å². The summed E-state index contributed by atoms with van der Waals surface area (Å²) < 4.78 is 27.3. The predicted molar refractivity (Wildman–Crippen MR) is 87.3 cm³/mol. The van der Waals surface area contributed by atoms with Crippen LogP contribution in [0.25, 0.3) is 0 Å². The summed E-state index contributed by atoms with van der Waals surface area (Å²) in [5, 5.41) is 9.20. The second kappa shape index (κ2) is 7.54. The van der Waals surface area contributed by atoms with E-state index in [2.05, 4.69) is 4.72 Å². The molecule has 0 radical (unpaired) electrons. The van der Waals surface area contributed by atoms with Gasteiger partial charge in [-0.1, -0.05) is 48.0 Å². The van der Waals surface area contributed by atoms with Crippen molar-refractivity contribution in [2.45, 2.75) is 24.2 Å². The molecular weight excluding hydrogens is 298 g/mol. The van der Waals surface area contributed by atoms with Gasteiger partial charge in [0, 0.05) is 13.2 Å². The van der Waals surface area contributed by atoms with Crippen molar-refractivity contribution in [2.24, 2.45) is 0 Å². The lowest BCUT2D eigenvalue weighted by atomic mass is 9.96. The number of aryl methyl sites for hydroxylation is 1. The van der Waals surface area contributed by atoms with Gasteiger partial charge >= 0.3 is 0 Å². The van der Waals surface area contributed by atoms with E-state index in [1.165, 1.54) is 0 Å². The molecule has 2 aromatic rings. The average Bonchev–Trinajstić information content (AvgIpc) is 2.53. The molecule has 0 saturated carbocycles. The maximum Gasteiger partial charge on any atom is 0.240 e. The Balaban J connectivity index is 2.10. The molecule has 2 aromatic carbocycles. The third-order valence-electron chi connectivity index (χ3n) is 3.60. The monoisotopic (exact) mass is 319 g/mol. The van der Waals surface area contributed by atoms with E-state index in [9.17, 15) is 13.5 Å². The smallest absolute Gasteiger partial charge is 0.240 e. The van der Waals surface area contributed by atoms with Crippen LogP contribution in [0.2, 0.25) is 0 Å². The Kier molecular flexibility index (Phi) is 5.71. The van der Waals surface area contributed by atoms with E-state index in [4.69, 9.17) is 0 Å². The van der Waals surface area contributed by atoms with Gasteiger partial charge in [0.05, 0.1) is 4.90 Å². The molecule has 0 bridgehead atoms. The van der Waals surface area contributed by atoms with E-state index in [0.29, 0.717) is 6.42 Å². The van der Waals surface area contributed by atoms with Crippen molar-refractivity contribution in [1.29, 1.82) is 0 Å². The Labute approximate surface area is 131 Å². The van der Waals surface area contributed by atoms with Gasteiger partial charge in [-0.3, -0.25) is 0 Å². The lowest BCUT2D eigenvalue weighted by Crippen LogP contribution is -2.29. The van der Waals surface area contributed by atoms with Gasteiger partial charge in [0.1, 0.15) is 0 Å². The van der Waals surface area contributed by atoms with Gasteiger partial charge in [0.25, 0.3) is 0 Å². The molecule has 0 heterocycles. The Morgan fingerprint density at radius 3 is 2.27 bits per heavy atom. The van der Waals surface area contributed by atoms with Crippen LogP contribution in [-0.2, 0) is 10.0 Å². The van der Waals surface area contributed by atoms with Gasteiger partial charge in [0.15, 0.2) is 0 Å². The number of hydrogen-bond acceptors (Lipinski definition) is 3. The van der Waals surface area contributed by atoms with E-state index < -0.39 is 10.0 Å². The van der Waals surface area contributed by atoms with Crippen LogP contribution in [0.5, 0.6) is 0 Å². The molecular formula is C17H21NO3S. The molecule has 0 aliphatic heterocycles. The molecule has 22 heavy (non-hydrogen) atoms. The number of hydrogen-bond donors (Lipinski definition) is 2. The lowest BCUT2D eigenvalue weighted by Gasteiger charge is -2.17. The van der Waals surface area contributed by atoms with Crippen LogP contribution < -0.4 is 4.72 Å². The second-order valence-electron chi connectivity index (χ2n) is 5.28. The highest BCUT2D eigenvalue weighted by Gasteiger charge is 2.17. The molecule has 4 nitrogen and oxygen atoms in total. The minimum atomic E-state index is -3.53. The highest BCUT2D eigenvalue weighted by molar-refractivity contribution is 7.89. The van der Waals surface area contributed by atoms with Crippen molar-refractivity contribution in [3.05, 3.63) is 65.7 Å². The van der Waals surface area contributed by atoms with Gasteiger partial charge in [-0.2, -0.15) is 0 Å². The van der Waals surface area contributed by atoms with E-state index in [1.54, 1.807) is 24.3 Å². The molecule has 0 saturated heterocycles. The Morgan fingerprint density at radius 1 is 1.05 bits per heavy atom. The Morgan fingerprint density at radius 2 is 1.68 bits per heavy atom. The zero-order valence-electron chi connectivity index (χ0n) is 12.6. The number of sulfonamides is 1. The summed E-state index contributed by atoms with van der Waals surface area (Å²) in [4.78, 5) is 0.258. The molecule has 2 N–H and O–H groups in total. The summed E-state index contributed by atoms with van der Waals surface area (Å²) in [6.07, 6.45) is 0.514. The fourth-order valence-electron chi connectivity index (χ4n) is 2.28. The van der Waals surface area contributed by atoms with E-state index in [-0.39, 0.29) is 24.0 Å². The van der Waals surface area contributed by atoms with Gasteiger partial charge in [-0.15, -0.1) is 0 Å². The van der Waals surface area contributed by atoms with Gasteiger partial charge < -0.3 is 5.11 Å². The topological polar surface area (TPSA) is 66.4 Å². The zero-order valence-corrected chi connectivity index (χ0v) is 13.4. The summed E-state index contributed by atoms with van der Waals surface area (Å²) in [5.41, 5.74) is 2.03. The second-order valence-corrected chi connectivity index (χ2v) is 7.05. The molecule has 5 heteroatoms. The first kappa shape index (κ1) is 16.7. The fourth-order valence-corrected chi connectivity index (χ4v) is 3.36. The Hall–Kier alpha value is -1.69. The van der Waals surface area contributed by atoms with Crippen molar-refractivity contribution in [2.75, 3.05) is 13.2 Å². The first-order chi connectivity index (χ1) is 10.5. The molecule has 0 aromatic heterocycles. The van der Waals surface area contributed by atoms with E-state index >= 15 is 0 Å². The first-order valence-electron chi connectivity index (χ1n) is 7.25. The predicted octanol–water partition coefficient (Wildman–Crippen LogP) is 2.44. The summed E-state index contributed by atoms with van der Waals surface area (Å²) >= 11 is 0. The number of rotatable bonds is 7. The standard InChI is InChI=1S/C17H21NO3S/c1-14-7-9-17(10-8-14)22(20,21)18-13-16(11-12-19)15-5-3-2-4-6-15/h2-10,16,18-19H,11-13H2,1H3. The summed E-state index contributed by atoms with van der Waals surface area (Å²) in [7, 11) is -3.53. The van der Waals surface area contributed by atoms with Crippen molar-refractivity contribution < 1.29 is 13.5 Å². The van der Waals surface area contributed by atoms with Gasteiger partial charge in [-0.05, 0) is 37.0 Å². The number of aliphatic hydroxyl groups excluding tert-OH is 1. The molecule has 0 spiro atoms. The van der Waals surface area contributed by atoms with Crippen LogP contribution in [0.1, 0.15) is 23.5 Å². The van der Waals surface area contributed by atoms with Crippen molar-refractivity contribution in [1.82, 2.24) is 4.72 Å². The third kappa shape index (κ3) is 4.40. The van der Waals surface area contributed by atoms with Crippen LogP contribution in [0.4, 0.5) is 0 Å². The van der Waals surface area contributed by atoms with Crippen LogP contribution in [0, 0.1) is 6.92 Å². The molecule has 2 rings (SSSR count). The average molecular weight is 319 g/mol. The van der Waals surface area contributed by atoms with Gasteiger partial charge in [0.2, 0.25) is 10.0 Å². The molecule has 0 fully saturated rings. The largest absolute Gasteiger partial charge is 0.396 e. The van der Waals surface area contributed by atoms with Crippen LogP contribution >= 0.6 is 0 Å². The van der Waals surface area contributed by atoms with Crippen molar-refractivity contribution >= 4 is 10.0 Å². The Bertz CT molecular complexity index is 682.